The minimum absolute atomic E-state index is 0.0350. The standard InChI is InChI=1S/C14H12N4O5/c1-20-9-5-8(6-10(7-9)21-2)13-17-18-14(22-13)16-12(19)11-3-4-15-23-11/h3-7H,1-2H3,(H,16,18,19). The average molecular weight is 316 g/mol. The minimum Gasteiger partial charge on any atom is -0.497 e. The fourth-order valence-corrected chi connectivity index (χ4v) is 1.81. The lowest BCUT2D eigenvalue weighted by molar-refractivity contribution is 0.0985. The molecule has 0 spiro atoms. The van der Waals surface area contributed by atoms with Crippen LogP contribution in [-0.4, -0.2) is 35.5 Å². The van der Waals surface area contributed by atoms with Crippen LogP contribution in [0.2, 0.25) is 0 Å². The Balaban J connectivity index is 1.83. The number of aromatic nitrogens is 3. The topological polar surface area (TPSA) is 113 Å². The van der Waals surface area contributed by atoms with E-state index < -0.39 is 5.91 Å². The molecule has 3 aromatic rings. The van der Waals surface area contributed by atoms with E-state index in [1.807, 2.05) is 0 Å². The van der Waals surface area contributed by atoms with Crippen molar-refractivity contribution in [2.75, 3.05) is 19.5 Å². The van der Waals surface area contributed by atoms with Crippen LogP contribution >= 0.6 is 0 Å². The highest BCUT2D eigenvalue weighted by atomic mass is 16.5. The van der Waals surface area contributed by atoms with Crippen molar-refractivity contribution < 1.29 is 23.2 Å². The second-order valence-electron chi connectivity index (χ2n) is 4.34. The van der Waals surface area contributed by atoms with Crippen molar-refractivity contribution in [2.45, 2.75) is 0 Å². The number of rotatable bonds is 5. The molecule has 1 amide bonds. The maximum atomic E-state index is 11.8. The fourth-order valence-electron chi connectivity index (χ4n) is 1.81. The van der Waals surface area contributed by atoms with E-state index in [0.717, 1.165) is 0 Å². The third kappa shape index (κ3) is 3.12. The van der Waals surface area contributed by atoms with Crippen LogP contribution in [0.4, 0.5) is 6.01 Å². The molecule has 0 aliphatic carbocycles. The lowest BCUT2D eigenvalue weighted by atomic mass is 10.2. The van der Waals surface area contributed by atoms with Gasteiger partial charge in [-0.1, -0.05) is 10.3 Å². The van der Waals surface area contributed by atoms with E-state index in [1.165, 1.54) is 26.5 Å². The predicted octanol–water partition coefficient (Wildman–Crippen LogP) is 1.99. The zero-order chi connectivity index (χ0) is 16.2. The van der Waals surface area contributed by atoms with Crippen molar-refractivity contribution in [1.29, 1.82) is 0 Å². The number of ether oxygens (including phenoxy) is 2. The van der Waals surface area contributed by atoms with E-state index >= 15 is 0 Å². The molecule has 9 nitrogen and oxygen atoms in total. The lowest BCUT2D eigenvalue weighted by Gasteiger charge is -2.05. The molecule has 23 heavy (non-hydrogen) atoms. The zero-order valence-electron chi connectivity index (χ0n) is 12.3. The molecule has 0 bridgehead atoms. The number of nitrogens with zero attached hydrogens (tertiary/aromatic N) is 3. The van der Waals surface area contributed by atoms with Crippen LogP contribution in [0.25, 0.3) is 11.5 Å². The predicted molar refractivity (Wildman–Crippen MR) is 77.3 cm³/mol. The quantitative estimate of drug-likeness (QED) is 0.760. The van der Waals surface area contributed by atoms with Gasteiger partial charge in [-0.25, -0.2) is 0 Å². The minimum atomic E-state index is -0.541. The molecule has 118 valence electrons. The van der Waals surface area contributed by atoms with Crippen LogP contribution in [0.15, 0.2) is 39.4 Å². The second kappa shape index (κ2) is 6.18. The van der Waals surface area contributed by atoms with E-state index in [0.29, 0.717) is 17.1 Å². The molecular formula is C14H12N4O5. The number of anilines is 1. The Morgan fingerprint density at radius 2 is 1.87 bits per heavy atom. The second-order valence-corrected chi connectivity index (χ2v) is 4.34. The van der Waals surface area contributed by atoms with Crippen LogP contribution in [0.5, 0.6) is 11.5 Å². The van der Waals surface area contributed by atoms with Gasteiger partial charge in [0.25, 0.3) is 5.91 Å². The van der Waals surface area contributed by atoms with Crippen molar-refractivity contribution in [1.82, 2.24) is 15.4 Å². The molecule has 2 heterocycles. The van der Waals surface area contributed by atoms with Gasteiger partial charge in [0, 0.05) is 17.7 Å². The molecule has 9 heteroatoms. The number of hydrogen-bond donors (Lipinski definition) is 1. The third-order valence-corrected chi connectivity index (χ3v) is 2.91. The lowest BCUT2D eigenvalue weighted by Crippen LogP contribution is -2.11. The Bertz CT molecular complexity index is 790. The van der Waals surface area contributed by atoms with Gasteiger partial charge in [0.05, 0.1) is 20.4 Å². The monoisotopic (exact) mass is 316 g/mol. The Morgan fingerprint density at radius 3 is 2.48 bits per heavy atom. The molecule has 0 aliphatic heterocycles. The summed E-state index contributed by atoms with van der Waals surface area (Å²) in [5, 5.41) is 13.5. The van der Waals surface area contributed by atoms with E-state index in [2.05, 4.69) is 20.7 Å². The molecule has 0 atom stereocenters. The molecule has 0 fully saturated rings. The third-order valence-electron chi connectivity index (χ3n) is 2.91. The first kappa shape index (κ1) is 14.6. The van der Waals surface area contributed by atoms with Crippen LogP contribution in [0.3, 0.4) is 0 Å². The van der Waals surface area contributed by atoms with Crippen molar-refractivity contribution in [3.05, 3.63) is 36.2 Å². The van der Waals surface area contributed by atoms with Gasteiger partial charge < -0.3 is 18.4 Å². The van der Waals surface area contributed by atoms with Crippen molar-refractivity contribution in [2.24, 2.45) is 0 Å². The fraction of sp³-hybridized carbons (Fsp3) is 0.143. The first-order valence-electron chi connectivity index (χ1n) is 6.48. The molecule has 2 aromatic heterocycles. The highest BCUT2D eigenvalue weighted by molar-refractivity contribution is 6.00. The van der Waals surface area contributed by atoms with Crippen LogP contribution < -0.4 is 14.8 Å². The molecule has 0 aliphatic rings. The smallest absolute Gasteiger partial charge is 0.322 e. The summed E-state index contributed by atoms with van der Waals surface area (Å²) in [4.78, 5) is 11.8. The average Bonchev–Trinajstić information content (AvgIpc) is 3.26. The number of carbonyl (C=O) groups is 1. The summed E-state index contributed by atoms with van der Waals surface area (Å²) >= 11 is 0. The molecule has 1 N–H and O–H groups in total. The Morgan fingerprint density at radius 1 is 1.13 bits per heavy atom. The number of carbonyl (C=O) groups excluding carboxylic acids is 1. The number of nitrogens with one attached hydrogen (secondary N) is 1. The highest BCUT2D eigenvalue weighted by Gasteiger charge is 2.16. The maximum Gasteiger partial charge on any atom is 0.322 e. The molecule has 0 radical (unpaired) electrons. The van der Waals surface area contributed by atoms with Gasteiger partial charge in [0.1, 0.15) is 11.5 Å². The number of methoxy groups -OCH3 is 2. The van der Waals surface area contributed by atoms with Crippen LogP contribution in [0.1, 0.15) is 10.6 Å². The number of amides is 1. The van der Waals surface area contributed by atoms with Gasteiger partial charge in [0.2, 0.25) is 11.7 Å². The number of hydrogen-bond acceptors (Lipinski definition) is 8. The summed E-state index contributed by atoms with van der Waals surface area (Å²) in [5.74, 6) is 0.846. The number of benzene rings is 1. The van der Waals surface area contributed by atoms with Gasteiger partial charge in [-0.15, -0.1) is 5.10 Å². The SMILES string of the molecule is COc1cc(OC)cc(-c2nnc(NC(=O)c3ccno3)o2)c1. The van der Waals surface area contributed by atoms with Gasteiger partial charge in [0.15, 0.2) is 0 Å². The Kier molecular flexibility index (Phi) is 3.91. The van der Waals surface area contributed by atoms with E-state index in [1.54, 1.807) is 18.2 Å². The summed E-state index contributed by atoms with van der Waals surface area (Å²) in [7, 11) is 3.07. The van der Waals surface area contributed by atoms with Crippen molar-refractivity contribution in [3.8, 4) is 23.0 Å². The largest absolute Gasteiger partial charge is 0.497 e. The molecular weight excluding hydrogens is 304 g/mol. The first-order valence-corrected chi connectivity index (χ1v) is 6.48. The Hall–Kier alpha value is -3.36. The summed E-state index contributed by atoms with van der Waals surface area (Å²) in [6.07, 6.45) is 1.36. The summed E-state index contributed by atoms with van der Waals surface area (Å²) in [6.45, 7) is 0. The van der Waals surface area contributed by atoms with Gasteiger partial charge in [-0.05, 0) is 12.1 Å². The van der Waals surface area contributed by atoms with E-state index in [9.17, 15) is 4.79 Å². The van der Waals surface area contributed by atoms with Gasteiger partial charge >= 0.3 is 6.01 Å². The molecule has 0 unspecified atom stereocenters. The summed E-state index contributed by atoms with van der Waals surface area (Å²) in [6, 6.07) is 6.48. The first-order chi connectivity index (χ1) is 11.2. The zero-order valence-corrected chi connectivity index (χ0v) is 12.3. The van der Waals surface area contributed by atoms with Gasteiger partial charge in [-0.3, -0.25) is 10.1 Å². The summed E-state index contributed by atoms with van der Waals surface area (Å²) < 4.78 is 20.5. The summed E-state index contributed by atoms with van der Waals surface area (Å²) in [5.41, 5.74) is 0.592. The molecule has 3 rings (SSSR count). The van der Waals surface area contributed by atoms with Crippen molar-refractivity contribution in [3.63, 3.8) is 0 Å². The van der Waals surface area contributed by atoms with E-state index in [-0.39, 0.29) is 17.7 Å². The molecule has 0 saturated heterocycles. The van der Waals surface area contributed by atoms with Crippen molar-refractivity contribution >= 4 is 11.9 Å². The van der Waals surface area contributed by atoms with Crippen LogP contribution in [0, 0.1) is 0 Å². The maximum absolute atomic E-state index is 11.8. The molecule has 1 aromatic carbocycles. The van der Waals surface area contributed by atoms with Crippen LogP contribution in [-0.2, 0) is 0 Å². The normalized spacial score (nSPS) is 10.3. The Labute approximate surface area is 130 Å². The van der Waals surface area contributed by atoms with Gasteiger partial charge in [-0.2, -0.15) is 0 Å². The highest BCUT2D eigenvalue weighted by Crippen LogP contribution is 2.29. The molecule has 0 saturated carbocycles. The van der Waals surface area contributed by atoms with E-state index in [4.69, 9.17) is 18.4 Å².